The molecule has 1 aromatic heterocycles. The second kappa shape index (κ2) is 7.92. The Morgan fingerprint density at radius 2 is 1.82 bits per heavy atom. The van der Waals surface area contributed by atoms with Crippen molar-refractivity contribution in [2.45, 2.75) is 6.61 Å². The molecule has 138 valence electrons. The molecular formula is C24H20N2O2. The van der Waals surface area contributed by atoms with Crippen LogP contribution in [0.4, 0.5) is 0 Å². The van der Waals surface area contributed by atoms with E-state index < -0.39 is 0 Å². The van der Waals surface area contributed by atoms with E-state index in [-0.39, 0.29) is 5.78 Å². The lowest BCUT2D eigenvalue weighted by atomic mass is 10.1. The van der Waals surface area contributed by atoms with Gasteiger partial charge in [0, 0.05) is 25.0 Å². The summed E-state index contributed by atoms with van der Waals surface area (Å²) < 4.78 is 7.64. The standard InChI is InChI=1S/C24H20N2O2/c1-26-15-14-25-24(26)17-28-22-11-9-20(10-12-22)23(27)13-7-18-6-8-19-4-2-3-5-21(19)16-18/h2-16H,17H2,1H3/b13-7+. The molecule has 4 nitrogen and oxygen atoms in total. The molecule has 3 aromatic carbocycles. The minimum atomic E-state index is -0.0381. The number of nitrogens with zero attached hydrogens (tertiary/aromatic N) is 2. The number of ketones is 1. The number of aryl methyl sites for hydroxylation is 1. The summed E-state index contributed by atoms with van der Waals surface area (Å²) in [6.07, 6.45) is 7.07. The highest BCUT2D eigenvalue weighted by atomic mass is 16.5. The molecule has 4 aromatic rings. The van der Waals surface area contributed by atoms with Crippen molar-refractivity contribution in [2.24, 2.45) is 7.05 Å². The van der Waals surface area contributed by atoms with Crippen LogP contribution in [0.5, 0.6) is 5.75 Å². The molecule has 1 heterocycles. The Balaban J connectivity index is 1.41. The topological polar surface area (TPSA) is 44.1 Å². The first-order valence-corrected chi connectivity index (χ1v) is 9.09. The van der Waals surface area contributed by atoms with Crippen LogP contribution < -0.4 is 4.74 Å². The van der Waals surface area contributed by atoms with Crippen LogP contribution in [0.2, 0.25) is 0 Å². The second-order valence-corrected chi connectivity index (χ2v) is 6.57. The summed E-state index contributed by atoms with van der Waals surface area (Å²) in [5.41, 5.74) is 1.63. The molecule has 4 heteroatoms. The van der Waals surface area contributed by atoms with E-state index in [0.29, 0.717) is 17.9 Å². The Morgan fingerprint density at radius 3 is 2.57 bits per heavy atom. The molecule has 0 saturated heterocycles. The summed E-state index contributed by atoms with van der Waals surface area (Å²) in [6.45, 7) is 0.388. The van der Waals surface area contributed by atoms with Crippen molar-refractivity contribution in [3.8, 4) is 5.75 Å². The summed E-state index contributed by atoms with van der Waals surface area (Å²) in [5, 5.41) is 2.35. The molecule has 4 rings (SSSR count). The number of aromatic nitrogens is 2. The maximum atomic E-state index is 12.4. The van der Waals surface area contributed by atoms with Gasteiger partial charge in [-0.05, 0) is 52.7 Å². The molecule has 0 aliphatic rings. The number of imidazole rings is 1. The fourth-order valence-electron chi connectivity index (χ4n) is 2.98. The molecule has 0 N–H and O–H groups in total. The molecular weight excluding hydrogens is 348 g/mol. The Hall–Kier alpha value is -3.66. The molecule has 0 radical (unpaired) electrons. The van der Waals surface area contributed by atoms with E-state index in [2.05, 4.69) is 29.2 Å². The van der Waals surface area contributed by atoms with Gasteiger partial charge >= 0.3 is 0 Å². The number of fused-ring (bicyclic) bond motifs is 1. The molecule has 0 bridgehead atoms. The lowest BCUT2D eigenvalue weighted by Crippen LogP contribution is -2.03. The first-order valence-electron chi connectivity index (χ1n) is 9.09. The summed E-state index contributed by atoms with van der Waals surface area (Å²) >= 11 is 0. The number of rotatable bonds is 6. The summed E-state index contributed by atoms with van der Waals surface area (Å²) in [6, 6.07) is 21.5. The Bertz CT molecular complexity index is 1140. The van der Waals surface area contributed by atoms with E-state index in [0.717, 1.165) is 16.8 Å². The highest BCUT2D eigenvalue weighted by Gasteiger charge is 2.04. The monoisotopic (exact) mass is 368 g/mol. The van der Waals surface area contributed by atoms with Crippen molar-refractivity contribution in [1.82, 2.24) is 9.55 Å². The van der Waals surface area contributed by atoms with E-state index >= 15 is 0 Å². The smallest absolute Gasteiger partial charge is 0.185 e. The van der Waals surface area contributed by atoms with Crippen molar-refractivity contribution in [1.29, 1.82) is 0 Å². The Kier molecular flexibility index (Phi) is 5.02. The van der Waals surface area contributed by atoms with Crippen LogP contribution >= 0.6 is 0 Å². The highest BCUT2D eigenvalue weighted by Crippen LogP contribution is 2.18. The van der Waals surface area contributed by atoms with E-state index in [9.17, 15) is 4.79 Å². The maximum Gasteiger partial charge on any atom is 0.185 e. The molecule has 0 unspecified atom stereocenters. The number of benzene rings is 3. The Labute approximate surface area is 163 Å². The summed E-state index contributed by atoms with van der Waals surface area (Å²) in [7, 11) is 1.93. The minimum absolute atomic E-state index is 0.0381. The SMILES string of the molecule is Cn1ccnc1COc1ccc(C(=O)/C=C/c2ccc3ccccc3c2)cc1. The zero-order valence-corrected chi connectivity index (χ0v) is 15.6. The van der Waals surface area contributed by atoms with E-state index in [1.165, 1.54) is 5.39 Å². The lowest BCUT2D eigenvalue weighted by Gasteiger charge is -2.06. The molecule has 0 fully saturated rings. The van der Waals surface area contributed by atoms with Gasteiger partial charge in [0.2, 0.25) is 0 Å². The number of carbonyl (C=O) groups excluding carboxylic acids is 1. The molecule has 0 saturated carbocycles. The Morgan fingerprint density at radius 1 is 1.04 bits per heavy atom. The first-order chi connectivity index (χ1) is 13.7. The zero-order chi connectivity index (χ0) is 19.3. The highest BCUT2D eigenvalue weighted by molar-refractivity contribution is 6.07. The zero-order valence-electron chi connectivity index (χ0n) is 15.6. The molecule has 0 aliphatic heterocycles. The number of ether oxygens (including phenoxy) is 1. The number of allylic oxidation sites excluding steroid dienone is 1. The van der Waals surface area contributed by atoms with Crippen LogP contribution in [0.25, 0.3) is 16.8 Å². The van der Waals surface area contributed by atoms with Crippen molar-refractivity contribution < 1.29 is 9.53 Å². The lowest BCUT2D eigenvalue weighted by molar-refractivity contribution is 0.104. The molecule has 0 atom stereocenters. The third kappa shape index (κ3) is 4.01. The van der Waals surface area contributed by atoms with Gasteiger partial charge in [-0.25, -0.2) is 4.98 Å². The van der Waals surface area contributed by atoms with Crippen LogP contribution in [-0.2, 0) is 13.7 Å². The number of hydrogen-bond donors (Lipinski definition) is 0. The number of hydrogen-bond acceptors (Lipinski definition) is 3. The summed E-state index contributed by atoms with van der Waals surface area (Å²) in [5.74, 6) is 1.51. The predicted octanol–water partition coefficient (Wildman–Crippen LogP) is 5.05. The number of carbonyl (C=O) groups is 1. The van der Waals surface area contributed by atoms with Crippen LogP contribution in [0.3, 0.4) is 0 Å². The molecule has 0 spiro atoms. The van der Waals surface area contributed by atoms with Gasteiger partial charge in [0.1, 0.15) is 18.2 Å². The van der Waals surface area contributed by atoms with Crippen LogP contribution in [0, 0.1) is 0 Å². The predicted molar refractivity (Wildman–Crippen MR) is 111 cm³/mol. The van der Waals surface area contributed by atoms with Crippen LogP contribution in [0.15, 0.2) is 85.2 Å². The van der Waals surface area contributed by atoms with Gasteiger partial charge in [-0.15, -0.1) is 0 Å². The van der Waals surface area contributed by atoms with Crippen LogP contribution in [-0.4, -0.2) is 15.3 Å². The van der Waals surface area contributed by atoms with Gasteiger partial charge in [-0.3, -0.25) is 4.79 Å². The van der Waals surface area contributed by atoms with Crippen molar-refractivity contribution in [3.63, 3.8) is 0 Å². The maximum absolute atomic E-state index is 12.4. The fourth-order valence-corrected chi connectivity index (χ4v) is 2.98. The minimum Gasteiger partial charge on any atom is -0.486 e. The molecule has 0 aliphatic carbocycles. The quantitative estimate of drug-likeness (QED) is 0.353. The fraction of sp³-hybridized carbons (Fsp3) is 0.0833. The molecule has 0 amide bonds. The van der Waals surface area contributed by atoms with E-state index in [1.807, 2.05) is 42.1 Å². The third-order valence-corrected chi connectivity index (χ3v) is 4.63. The van der Waals surface area contributed by atoms with Gasteiger partial charge in [0.05, 0.1) is 0 Å². The van der Waals surface area contributed by atoms with Crippen molar-refractivity contribution in [2.75, 3.05) is 0 Å². The average molecular weight is 368 g/mol. The van der Waals surface area contributed by atoms with E-state index in [1.54, 1.807) is 36.5 Å². The first kappa shape index (κ1) is 17.7. The van der Waals surface area contributed by atoms with Gasteiger partial charge in [0.25, 0.3) is 0 Å². The van der Waals surface area contributed by atoms with Gasteiger partial charge in [-0.2, -0.15) is 0 Å². The van der Waals surface area contributed by atoms with Gasteiger partial charge in [0.15, 0.2) is 5.78 Å². The average Bonchev–Trinajstić information content (AvgIpc) is 3.15. The van der Waals surface area contributed by atoms with Gasteiger partial charge in [-0.1, -0.05) is 42.5 Å². The van der Waals surface area contributed by atoms with Gasteiger partial charge < -0.3 is 9.30 Å². The van der Waals surface area contributed by atoms with Crippen molar-refractivity contribution in [3.05, 3.63) is 102 Å². The normalized spacial score (nSPS) is 11.2. The van der Waals surface area contributed by atoms with Crippen molar-refractivity contribution >= 4 is 22.6 Å². The molecule has 28 heavy (non-hydrogen) atoms. The van der Waals surface area contributed by atoms with E-state index in [4.69, 9.17) is 4.74 Å². The third-order valence-electron chi connectivity index (χ3n) is 4.63. The largest absolute Gasteiger partial charge is 0.486 e. The summed E-state index contributed by atoms with van der Waals surface area (Å²) in [4.78, 5) is 16.7. The van der Waals surface area contributed by atoms with Crippen LogP contribution in [0.1, 0.15) is 21.7 Å². The second-order valence-electron chi connectivity index (χ2n) is 6.57.